The maximum atomic E-state index is 11.3. The summed E-state index contributed by atoms with van der Waals surface area (Å²) in [6, 6.07) is 7.32. The van der Waals surface area contributed by atoms with E-state index >= 15 is 0 Å². The van der Waals surface area contributed by atoms with Crippen molar-refractivity contribution in [2.24, 2.45) is 0 Å². The minimum absolute atomic E-state index is 0.189. The van der Waals surface area contributed by atoms with Gasteiger partial charge in [0.15, 0.2) is 0 Å². The van der Waals surface area contributed by atoms with Gasteiger partial charge in [0.2, 0.25) is 0 Å². The van der Waals surface area contributed by atoms with Crippen LogP contribution in [0.3, 0.4) is 0 Å². The second-order valence-electron chi connectivity index (χ2n) is 3.08. The van der Waals surface area contributed by atoms with E-state index < -0.39 is 0 Å². The van der Waals surface area contributed by atoms with E-state index in [0.29, 0.717) is 24.5 Å². The van der Waals surface area contributed by atoms with Crippen LogP contribution in [0.4, 0.5) is 0 Å². The Bertz CT molecular complexity index is 293. The van der Waals surface area contributed by atoms with Gasteiger partial charge in [-0.15, -0.1) is 0 Å². The highest BCUT2D eigenvalue weighted by Crippen LogP contribution is 2.10. The fourth-order valence-electron chi connectivity index (χ4n) is 1.13. The lowest BCUT2D eigenvalue weighted by Crippen LogP contribution is -2.05. The number of carbonyl (C=O) groups is 1. The fourth-order valence-corrected chi connectivity index (χ4v) is 1.26. The Balaban J connectivity index is 2.44. The predicted octanol–water partition coefficient (Wildman–Crippen LogP) is 2.49. The van der Waals surface area contributed by atoms with Gasteiger partial charge in [0, 0.05) is 25.0 Å². The Morgan fingerprint density at radius 2 is 2.00 bits per heavy atom. The molecule has 1 aromatic rings. The largest absolute Gasteiger partial charge is 0.384 e. The molecule has 3 heteroatoms. The maximum absolute atomic E-state index is 11.3. The Morgan fingerprint density at radius 3 is 2.57 bits per heavy atom. The van der Waals surface area contributed by atoms with Crippen molar-refractivity contribution in [1.29, 1.82) is 0 Å². The van der Waals surface area contributed by atoms with Crippen LogP contribution >= 0.6 is 11.6 Å². The summed E-state index contributed by atoms with van der Waals surface area (Å²) in [5.41, 5.74) is 0.996. The molecule has 76 valence electrons. The van der Waals surface area contributed by atoms with E-state index in [4.69, 9.17) is 16.3 Å². The van der Waals surface area contributed by atoms with Crippen molar-refractivity contribution in [2.75, 3.05) is 13.7 Å². The first-order valence-corrected chi connectivity index (χ1v) is 4.85. The lowest BCUT2D eigenvalue weighted by molar-refractivity contribution is -0.119. The molecular formula is C11H13ClO2. The molecule has 0 spiro atoms. The van der Waals surface area contributed by atoms with Crippen molar-refractivity contribution in [3.8, 4) is 0 Å². The van der Waals surface area contributed by atoms with Crippen LogP contribution in [0.15, 0.2) is 24.3 Å². The molecule has 0 aliphatic carbocycles. The van der Waals surface area contributed by atoms with Gasteiger partial charge >= 0.3 is 0 Å². The maximum Gasteiger partial charge on any atom is 0.139 e. The lowest BCUT2D eigenvalue weighted by atomic mass is 10.1. The SMILES string of the molecule is COCCC(=O)Cc1ccc(Cl)cc1. The van der Waals surface area contributed by atoms with Gasteiger partial charge in [-0.3, -0.25) is 4.79 Å². The standard InChI is InChI=1S/C11H13ClO2/c1-14-7-6-11(13)8-9-2-4-10(12)5-3-9/h2-5H,6-8H2,1H3. The van der Waals surface area contributed by atoms with Crippen LogP contribution in [0, 0.1) is 0 Å². The van der Waals surface area contributed by atoms with Crippen molar-refractivity contribution in [2.45, 2.75) is 12.8 Å². The second-order valence-corrected chi connectivity index (χ2v) is 3.52. The minimum Gasteiger partial charge on any atom is -0.384 e. The van der Waals surface area contributed by atoms with Crippen molar-refractivity contribution in [3.05, 3.63) is 34.9 Å². The highest BCUT2D eigenvalue weighted by molar-refractivity contribution is 6.30. The lowest BCUT2D eigenvalue weighted by Gasteiger charge is -2.00. The molecule has 0 unspecified atom stereocenters. The van der Waals surface area contributed by atoms with Gasteiger partial charge < -0.3 is 4.74 Å². The number of hydrogen-bond donors (Lipinski definition) is 0. The zero-order valence-electron chi connectivity index (χ0n) is 8.13. The molecule has 0 fully saturated rings. The van der Waals surface area contributed by atoms with E-state index in [1.807, 2.05) is 12.1 Å². The number of rotatable bonds is 5. The molecule has 0 radical (unpaired) electrons. The van der Waals surface area contributed by atoms with Crippen molar-refractivity contribution in [3.63, 3.8) is 0 Å². The van der Waals surface area contributed by atoms with Crippen LogP contribution in [0.25, 0.3) is 0 Å². The van der Waals surface area contributed by atoms with E-state index in [1.165, 1.54) is 0 Å². The van der Waals surface area contributed by atoms with E-state index in [0.717, 1.165) is 5.56 Å². The van der Waals surface area contributed by atoms with E-state index in [-0.39, 0.29) is 5.78 Å². The molecule has 14 heavy (non-hydrogen) atoms. The second kappa shape index (κ2) is 5.78. The van der Waals surface area contributed by atoms with Crippen LogP contribution in [0.5, 0.6) is 0 Å². The molecule has 0 aromatic heterocycles. The number of ketones is 1. The average Bonchev–Trinajstić information content (AvgIpc) is 2.18. The topological polar surface area (TPSA) is 26.3 Å². The first-order chi connectivity index (χ1) is 6.72. The Kier molecular flexibility index (Phi) is 4.63. The summed E-state index contributed by atoms with van der Waals surface area (Å²) < 4.78 is 4.83. The summed E-state index contributed by atoms with van der Waals surface area (Å²) in [5, 5.41) is 0.693. The number of Topliss-reactive ketones (excluding diaryl/α,β-unsaturated/α-hetero) is 1. The summed E-state index contributed by atoms with van der Waals surface area (Å²) in [6.07, 6.45) is 0.930. The quantitative estimate of drug-likeness (QED) is 0.750. The third kappa shape index (κ3) is 3.90. The van der Waals surface area contributed by atoms with Gasteiger partial charge in [0.05, 0.1) is 6.61 Å². The average molecular weight is 213 g/mol. The zero-order valence-corrected chi connectivity index (χ0v) is 8.88. The minimum atomic E-state index is 0.189. The number of ether oxygens (including phenoxy) is 1. The molecule has 0 saturated heterocycles. The van der Waals surface area contributed by atoms with Gasteiger partial charge in [-0.25, -0.2) is 0 Å². The first-order valence-electron chi connectivity index (χ1n) is 4.47. The van der Waals surface area contributed by atoms with Gasteiger partial charge in [-0.2, -0.15) is 0 Å². The molecule has 0 aliphatic rings. The van der Waals surface area contributed by atoms with Gasteiger partial charge in [-0.05, 0) is 17.7 Å². The molecule has 0 bridgehead atoms. The van der Waals surface area contributed by atoms with Crippen LogP contribution < -0.4 is 0 Å². The third-order valence-corrected chi connectivity index (χ3v) is 2.15. The Labute approximate surface area is 88.8 Å². The van der Waals surface area contributed by atoms with Crippen molar-refractivity contribution in [1.82, 2.24) is 0 Å². The van der Waals surface area contributed by atoms with Crippen molar-refractivity contribution >= 4 is 17.4 Å². The molecule has 0 aliphatic heterocycles. The molecular weight excluding hydrogens is 200 g/mol. The molecule has 0 amide bonds. The Hall–Kier alpha value is -0.860. The monoisotopic (exact) mass is 212 g/mol. The molecule has 0 saturated carbocycles. The van der Waals surface area contributed by atoms with Crippen molar-refractivity contribution < 1.29 is 9.53 Å². The van der Waals surface area contributed by atoms with Gasteiger partial charge in [-0.1, -0.05) is 23.7 Å². The number of methoxy groups -OCH3 is 1. The first kappa shape index (κ1) is 11.2. The molecule has 1 rings (SSSR count). The van der Waals surface area contributed by atoms with Gasteiger partial charge in [0.1, 0.15) is 5.78 Å². The molecule has 2 nitrogen and oxygen atoms in total. The summed E-state index contributed by atoms with van der Waals surface area (Å²) >= 11 is 5.73. The van der Waals surface area contributed by atoms with E-state index in [2.05, 4.69) is 0 Å². The Morgan fingerprint density at radius 1 is 1.36 bits per heavy atom. The summed E-state index contributed by atoms with van der Waals surface area (Å²) in [6.45, 7) is 0.492. The number of benzene rings is 1. The molecule has 1 aromatic carbocycles. The molecule has 0 heterocycles. The smallest absolute Gasteiger partial charge is 0.139 e. The van der Waals surface area contributed by atoms with Crippen LogP contribution in [-0.4, -0.2) is 19.5 Å². The fraction of sp³-hybridized carbons (Fsp3) is 0.364. The number of halogens is 1. The third-order valence-electron chi connectivity index (χ3n) is 1.90. The number of carbonyl (C=O) groups excluding carboxylic acids is 1. The van der Waals surface area contributed by atoms with Crippen LogP contribution in [0.2, 0.25) is 5.02 Å². The predicted molar refractivity (Wildman–Crippen MR) is 56.7 cm³/mol. The highest BCUT2D eigenvalue weighted by Gasteiger charge is 2.02. The van der Waals surface area contributed by atoms with E-state index in [9.17, 15) is 4.79 Å². The highest BCUT2D eigenvalue weighted by atomic mass is 35.5. The van der Waals surface area contributed by atoms with Crippen LogP contribution in [0.1, 0.15) is 12.0 Å². The summed E-state index contributed by atoms with van der Waals surface area (Å²) in [7, 11) is 1.59. The summed E-state index contributed by atoms with van der Waals surface area (Å²) in [5.74, 6) is 0.189. The van der Waals surface area contributed by atoms with Gasteiger partial charge in [0.25, 0.3) is 0 Å². The normalized spacial score (nSPS) is 10.1. The molecule has 0 atom stereocenters. The van der Waals surface area contributed by atoms with E-state index in [1.54, 1.807) is 19.2 Å². The zero-order chi connectivity index (χ0) is 10.4. The number of hydrogen-bond acceptors (Lipinski definition) is 2. The van der Waals surface area contributed by atoms with Crippen LogP contribution in [-0.2, 0) is 16.0 Å². The summed E-state index contributed by atoms with van der Waals surface area (Å²) in [4.78, 5) is 11.3. The molecule has 0 N–H and O–H groups in total.